The van der Waals surface area contributed by atoms with Crippen LogP contribution in [0.2, 0.25) is 0 Å². The summed E-state index contributed by atoms with van der Waals surface area (Å²) in [5.74, 6) is 0.616. The number of hydrogen-bond acceptors (Lipinski definition) is 8. The Morgan fingerprint density at radius 3 is 2.68 bits per heavy atom. The van der Waals surface area contributed by atoms with Crippen LogP contribution >= 0.6 is 0 Å². The third kappa shape index (κ3) is 4.33. The van der Waals surface area contributed by atoms with E-state index in [0.29, 0.717) is 47.6 Å². The van der Waals surface area contributed by atoms with E-state index >= 15 is 0 Å². The molecule has 0 saturated carbocycles. The van der Waals surface area contributed by atoms with Gasteiger partial charge in [0.2, 0.25) is 10.0 Å². The number of β-amino-alcohol motifs (C(OH)–C–C–N with tert-alkyl or cyclic N) is 1. The van der Waals surface area contributed by atoms with Gasteiger partial charge >= 0.3 is 0 Å². The highest BCUT2D eigenvalue weighted by atomic mass is 32.2. The van der Waals surface area contributed by atoms with Crippen LogP contribution in [-0.4, -0.2) is 82.0 Å². The summed E-state index contributed by atoms with van der Waals surface area (Å²) in [6.45, 7) is 4.83. The number of aliphatic hydroxyl groups excluding tert-OH is 1. The van der Waals surface area contributed by atoms with Crippen molar-refractivity contribution >= 4 is 21.1 Å². The fraction of sp³-hybridized carbons (Fsp3) is 0.500. The van der Waals surface area contributed by atoms with Crippen LogP contribution in [0.5, 0.6) is 5.75 Å². The topological polar surface area (TPSA) is 134 Å². The molecule has 3 heterocycles. The Balaban J connectivity index is 1.85. The number of nitrogens with one attached hydrogen (secondary N) is 1. The monoisotopic (exact) mass is 490 g/mol. The number of ether oxygens (including phenoxy) is 1. The number of aromatic amines is 1. The normalized spacial score (nSPS) is 18.0. The van der Waals surface area contributed by atoms with Gasteiger partial charge in [0.1, 0.15) is 23.3 Å². The molecule has 1 saturated heterocycles. The van der Waals surface area contributed by atoms with Gasteiger partial charge in [0, 0.05) is 20.1 Å². The highest BCUT2D eigenvalue weighted by Crippen LogP contribution is 2.32. The van der Waals surface area contributed by atoms with Gasteiger partial charge in [-0.05, 0) is 38.6 Å². The first kappa shape index (κ1) is 24.3. The van der Waals surface area contributed by atoms with Crippen molar-refractivity contribution in [1.29, 1.82) is 0 Å². The summed E-state index contributed by atoms with van der Waals surface area (Å²) in [5.41, 5.74) is 1.56. The minimum atomic E-state index is -3.89. The maximum atomic E-state index is 13.4. The van der Waals surface area contributed by atoms with Crippen molar-refractivity contribution in [3.63, 3.8) is 0 Å². The second-order valence-corrected chi connectivity index (χ2v) is 10.3. The number of hydrogen-bond donors (Lipinski definition) is 2. The molecule has 1 aliphatic heterocycles. The number of nitrogens with zero attached hydrogens (tertiary/aromatic N) is 5. The maximum absolute atomic E-state index is 13.4. The molecule has 0 aliphatic carbocycles. The number of benzene rings is 1. The number of H-pyrrole nitrogens is 1. The third-order valence-electron chi connectivity index (χ3n) is 5.97. The number of aliphatic hydroxyl groups is 1. The minimum Gasteiger partial charge on any atom is -0.493 e. The SMILES string of the molecule is CCCc1nn(C)c2c(=O)[nH]c(-c3cc(S(=O)(=O)N4CCN(C)C(O)C4)ccc3OCC)nc12. The van der Waals surface area contributed by atoms with Gasteiger partial charge in [-0.15, -0.1) is 0 Å². The van der Waals surface area contributed by atoms with E-state index in [0.717, 1.165) is 6.42 Å². The van der Waals surface area contributed by atoms with Crippen molar-refractivity contribution in [3.8, 4) is 17.1 Å². The van der Waals surface area contributed by atoms with Crippen LogP contribution in [0.25, 0.3) is 22.4 Å². The molecule has 184 valence electrons. The van der Waals surface area contributed by atoms with Gasteiger partial charge in [-0.3, -0.25) is 14.4 Å². The summed E-state index contributed by atoms with van der Waals surface area (Å²) in [6.07, 6.45) is 0.616. The number of aryl methyl sites for hydroxylation is 2. The molecule has 1 fully saturated rings. The van der Waals surface area contributed by atoms with Crippen LogP contribution in [-0.2, 0) is 23.5 Å². The summed E-state index contributed by atoms with van der Waals surface area (Å²) in [4.78, 5) is 22.1. The zero-order chi connectivity index (χ0) is 24.6. The highest BCUT2D eigenvalue weighted by Gasteiger charge is 2.32. The number of aromatic nitrogens is 4. The first-order valence-corrected chi connectivity index (χ1v) is 12.7. The Kier molecular flexibility index (Phi) is 6.76. The van der Waals surface area contributed by atoms with Crippen LogP contribution < -0.4 is 10.3 Å². The minimum absolute atomic E-state index is 0.0293. The average Bonchev–Trinajstić information content (AvgIpc) is 3.11. The van der Waals surface area contributed by atoms with E-state index in [1.54, 1.807) is 25.1 Å². The summed E-state index contributed by atoms with van der Waals surface area (Å²) in [6, 6.07) is 4.50. The Morgan fingerprint density at radius 1 is 1.24 bits per heavy atom. The predicted octanol–water partition coefficient (Wildman–Crippen LogP) is 0.929. The molecular weight excluding hydrogens is 460 g/mol. The van der Waals surface area contributed by atoms with E-state index in [4.69, 9.17) is 4.74 Å². The second kappa shape index (κ2) is 9.45. The number of piperazine rings is 1. The van der Waals surface area contributed by atoms with E-state index in [9.17, 15) is 18.3 Å². The summed E-state index contributed by atoms with van der Waals surface area (Å²) < 4.78 is 35.2. The fourth-order valence-corrected chi connectivity index (χ4v) is 5.57. The van der Waals surface area contributed by atoms with E-state index in [1.807, 2.05) is 13.8 Å². The molecule has 12 heteroatoms. The zero-order valence-electron chi connectivity index (χ0n) is 19.8. The van der Waals surface area contributed by atoms with Crippen molar-refractivity contribution in [1.82, 2.24) is 29.0 Å². The third-order valence-corrected chi connectivity index (χ3v) is 7.83. The first-order valence-electron chi connectivity index (χ1n) is 11.3. The molecule has 0 radical (unpaired) electrons. The van der Waals surface area contributed by atoms with Crippen LogP contribution in [0.1, 0.15) is 26.0 Å². The smallest absolute Gasteiger partial charge is 0.277 e. The molecule has 2 N–H and O–H groups in total. The lowest BCUT2D eigenvalue weighted by Crippen LogP contribution is -2.53. The molecule has 11 nitrogen and oxygen atoms in total. The Bertz CT molecular complexity index is 1370. The van der Waals surface area contributed by atoms with Gasteiger partial charge in [-0.25, -0.2) is 13.4 Å². The summed E-state index contributed by atoms with van der Waals surface area (Å²) in [5, 5.41) is 14.6. The van der Waals surface area contributed by atoms with E-state index in [2.05, 4.69) is 15.1 Å². The van der Waals surface area contributed by atoms with Gasteiger partial charge in [0.15, 0.2) is 5.52 Å². The first-order chi connectivity index (χ1) is 16.2. The number of rotatable bonds is 7. The zero-order valence-corrected chi connectivity index (χ0v) is 20.6. The van der Waals surface area contributed by atoms with Crippen LogP contribution in [0.4, 0.5) is 0 Å². The molecule has 4 rings (SSSR count). The lowest BCUT2D eigenvalue weighted by Gasteiger charge is -2.35. The van der Waals surface area contributed by atoms with E-state index in [-0.39, 0.29) is 29.4 Å². The van der Waals surface area contributed by atoms with Crippen molar-refractivity contribution in [2.24, 2.45) is 7.05 Å². The lowest BCUT2D eigenvalue weighted by atomic mass is 10.1. The molecule has 2 aromatic heterocycles. The molecular formula is C22H30N6O5S. The van der Waals surface area contributed by atoms with Gasteiger partial charge in [0.05, 0.1) is 29.3 Å². The van der Waals surface area contributed by atoms with Crippen molar-refractivity contribution in [2.45, 2.75) is 37.8 Å². The van der Waals surface area contributed by atoms with Crippen LogP contribution in [0.3, 0.4) is 0 Å². The standard InChI is InChI=1S/C22H30N6O5S/c1-5-7-16-19-20(27(4)25-16)22(30)24-21(23-19)15-12-14(8-9-17(15)33-6-2)34(31,32)28-11-10-26(3)18(29)13-28/h8-9,12,18,29H,5-7,10-11,13H2,1-4H3,(H,23,24,30). The van der Waals surface area contributed by atoms with Gasteiger partial charge in [-0.2, -0.15) is 9.40 Å². The van der Waals surface area contributed by atoms with Gasteiger partial charge < -0.3 is 14.8 Å². The Hall–Kier alpha value is -2.80. The maximum Gasteiger partial charge on any atom is 0.277 e. The van der Waals surface area contributed by atoms with E-state index in [1.165, 1.54) is 21.1 Å². The molecule has 1 unspecified atom stereocenters. The molecule has 34 heavy (non-hydrogen) atoms. The van der Waals surface area contributed by atoms with Gasteiger partial charge in [-0.1, -0.05) is 13.3 Å². The fourth-order valence-electron chi connectivity index (χ4n) is 4.11. The number of likely N-dealkylation sites (N-methyl/N-ethyl adjacent to an activating group) is 1. The highest BCUT2D eigenvalue weighted by molar-refractivity contribution is 7.89. The van der Waals surface area contributed by atoms with Crippen molar-refractivity contribution in [2.75, 3.05) is 33.3 Å². The molecule has 1 aliphatic rings. The Morgan fingerprint density at radius 2 is 2.00 bits per heavy atom. The average molecular weight is 491 g/mol. The Labute approximate surface area is 198 Å². The number of sulfonamides is 1. The molecule has 0 spiro atoms. The molecule has 0 bridgehead atoms. The largest absolute Gasteiger partial charge is 0.493 e. The second-order valence-electron chi connectivity index (χ2n) is 8.35. The number of fused-ring (bicyclic) bond motifs is 1. The molecule has 0 amide bonds. The van der Waals surface area contributed by atoms with Crippen molar-refractivity contribution in [3.05, 3.63) is 34.2 Å². The van der Waals surface area contributed by atoms with Crippen LogP contribution in [0, 0.1) is 0 Å². The predicted molar refractivity (Wildman–Crippen MR) is 127 cm³/mol. The van der Waals surface area contributed by atoms with Crippen LogP contribution in [0.15, 0.2) is 27.9 Å². The molecule has 1 aromatic carbocycles. The lowest BCUT2D eigenvalue weighted by molar-refractivity contribution is -0.0184. The summed E-state index contributed by atoms with van der Waals surface area (Å²) in [7, 11) is -0.452. The summed E-state index contributed by atoms with van der Waals surface area (Å²) >= 11 is 0. The van der Waals surface area contributed by atoms with Gasteiger partial charge in [0.25, 0.3) is 5.56 Å². The van der Waals surface area contributed by atoms with Crippen molar-refractivity contribution < 1.29 is 18.3 Å². The quantitative estimate of drug-likeness (QED) is 0.500. The molecule has 1 atom stereocenters. The van der Waals surface area contributed by atoms with E-state index < -0.39 is 16.3 Å². The molecule has 3 aromatic rings.